The number of hydrogen-bond acceptors (Lipinski definition) is 3. The van der Waals surface area contributed by atoms with Crippen molar-refractivity contribution < 1.29 is 9.31 Å². The lowest BCUT2D eigenvalue weighted by atomic mass is 10.1. The van der Waals surface area contributed by atoms with Crippen LogP contribution in [0.3, 0.4) is 0 Å². The fourth-order valence-corrected chi connectivity index (χ4v) is 1.55. The van der Waals surface area contributed by atoms with Crippen LogP contribution < -0.4 is 0 Å². The van der Waals surface area contributed by atoms with Crippen LogP contribution >= 0.6 is 11.6 Å². The van der Waals surface area contributed by atoms with Gasteiger partial charge >= 0.3 is 0 Å². The number of rotatable bonds is 2. The smallest absolute Gasteiger partial charge is 0.258 e. The van der Waals surface area contributed by atoms with Crippen molar-refractivity contribution in [2.75, 3.05) is 0 Å². The molecule has 2 rings (SSSR count). The molecule has 0 radical (unpaired) electrons. The number of nitro benzene ring substituents is 1. The Labute approximate surface area is 101 Å². The molecular weight excluding hydrogens is 247 g/mol. The van der Waals surface area contributed by atoms with E-state index in [-0.39, 0.29) is 11.3 Å². The molecule has 0 bridgehead atoms. The largest absolute Gasteiger partial charge is 0.269 e. The van der Waals surface area contributed by atoms with Crippen molar-refractivity contribution in [1.29, 1.82) is 0 Å². The second-order valence-corrected chi connectivity index (χ2v) is 3.73. The number of nitro groups is 1. The van der Waals surface area contributed by atoms with Gasteiger partial charge in [0, 0.05) is 23.9 Å². The van der Waals surface area contributed by atoms with E-state index in [4.69, 9.17) is 11.6 Å². The van der Waals surface area contributed by atoms with Crippen LogP contribution in [0.4, 0.5) is 10.1 Å². The van der Waals surface area contributed by atoms with Gasteiger partial charge in [0.25, 0.3) is 5.69 Å². The highest BCUT2D eigenvalue weighted by atomic mass is 35.5. The fraction of sp³-hybridized carbons (Fsp3) is 0. The molecule has 1 aromatic heterocycles. The maximum Gasteiger partial charge on any atom is 0.269 e. The molecule has 0 unspecified atom stereocenters. The Morgan fingerprint density at radius 3 is 2.53 bits per heavy atom. The minimum absolute atomic E-state index is 0.0517. The third-order valence-electron chi connectivity index (χ3n) is 2.19. The lowest BCUT2D eigenvalue weighted by molar-refractivity contribution is -0.384. The van der Waals surface area contributed by atoms with E-state index in [9.17, 15) is 14.5 Å². The number of hydrogen-bond donors (Lipinski definition) is 0. The second kappa shape index (κ2) is 4.47. The first-order valence-electron chi connectivity index (χ1n) is 4.64. The first-order valence-corrected chi connectivity index (χ1v) is 5.01. The summed E-state index contributed by atoms with van der Waals surface area (Å²) >= 11 is 5.71. The first kappa shape index (κ1) is 11.5. The van der Waals surface area contributed by atoms with Crippen LogP contribution in [0.15, 0.2) is 36.5 Å². The number of aromatic nitrogens is 1. The van der Waals surface area contributed by atoms with Crippen LogP contribution in [0.25, 0.3) is 11.1 Å². The molecule has 1 aromatic carbocycles. The molecule has 1 heterocycles. The summed E-state index contributed by atoms with van der Waals surface area (Å²) in [5, 5.41) is 10.8. The molecule has 6 heteroatoms. The lowest BCUT2D eigenvalue weighted by Gasteiger charge is -2.02. The molecule has 0 saturated carbocycles. The normalized spacial score (nSPS) is 10.2. The molecule has 0 aliphatic rings. The van der Waals surface area contributed by atoms with Crippen molar-refractivity contribution in [3.8, 4) is 11.1 Å². The highest BCUT2D eigenvalue weighted by Gasteiger charge is 2.09. The molecule has 0 aliphatic carbocycles. The molecule has 0 spiro atoms. The quantitative estimate of drug-likeness (QED) is 0.467. The summed E-state index contributed by atoms with van der Waals surface area (Å²) in [6, 6.07) is 6.93. The maximum atomic E-state index is 13.4. The number of halogens is 2. The Bertz CT molecular complexity index is 572. The second-order valence-electron chi connectivity index (χ2n) is 3.30. The summed E-state index contributed by atoms with van der Waals surface area (Å²) in [7, 11) is 0. The van der Waals surface area contributed by atoms with E-state index in [1.165, 1.54) is 36.5 Å². The van der Waals surface area contributed by atoms with Crippen LogP contribution in [0.2, 0.25) is 5.02 Å². The summed E-state index contributed by atoms with van der Waals surface area (Å²) in [5.41, 5.74) is 0.652. The molecule has 0 N–H and O–H groups in total. The Morgan fingerprint density at radius 2 is 1.94 bits per heavy atom. The topological polar surface area (TPSA) is 56.0 Å². The molecule has 0 fully saturated rings. The molecule has 0 aliphatic heterocycles. The van der Waals surface area contributed by atoms with Crippen molar-refractivity contribution >= 4 is 17.3 Å². The highest BCUT2D eigenvalue weighted by molar-refractivity contribution is 6.30. The van der Waals surface area contributed by atoms with Crippen molar-refractivity contribution in [2.24, 2.45) is 0 Å². The van der Waals surface area contributed by atoms with E-state index in [1.54, 1.807) is 0 Å². The van der Waals surface area contributed by atoms with Gasteiger partial charge < -0.3 is 0 Å². The van der Waals surface area contributed by atoms with E-state index in [2.05, 4.69) is 4.98 Å². The Balaban J connectivity index is 2.46. The molecular formula is C11H6ClFN2O2. The van der Waals surface area contributed by atoms with E-state index in [0.717, 1.165) is 0 Å². The fourth-order valence-electron chi connectivity index (χ4n) is 1.39. The van der Waals surface area contributed by atoms with Gasteiger partial charge in [-0.3, -0.25) is 10.1 Å². The molecule has 4 nitrogen and oxygen atoms in total. The average Bonchev–Trinajstić information content (AvgIpc) is 2.32. The Morgan fingerprint density at radius 1 is 1.29 bits per heavy atom. The minimum Gasteiger partial charge on any atom is -0.258 e. The highest BCUT2D eigenvalue weighted by Crippen LogP contribution is 2.26. The summed E-state index contributed by atoms with van der Waals surface area (Å²) in [4.78, 5) is 13.4. The molecule has 17 heavy (non-hydrogen) atoms. The zero-order valence-corrected chi connectivity index (χ0v) is 9.19. The third-order valence-corrected chi connectivity index (χ3v) is 2.40. The number of benzene rings is 1. The average molecular weight is 253 g/mol. The van der Waals surface area contributed by atoms with Crippen LogP contribution in [-0.4, -0.2) is 9.91 Å². The minimum atomic E-state index is -0.664. The SMILES string of the molecule is O=[N+]([O-])c1ccc(-c2cc(Cl)cnc2F)cc1. The van der Waals surface area contributed by atoms with Gasteiger partial charge in [-0.1, -0.05) is 11.6 Å². The van der Waals surface area contributed by atoms with Crippen molar-refractivity contribution in [3.63, 3.8) is 0 Å². The third kappa shape index (κ3) is 2.39. The molecule has 0 amide bonds. The van der Waals surface area contributed by atoms with Gasteiger partial charge in [-0.25, -0.2) is 4.98 Å². The van der Waals surface area contributed by atoms with Crippen LogP contribution in [-0.2, 0) is 0 Å². The molecule has 0 saturated heterocycles. The number of pyridine rings is 1. The first-order chi connectivity index (χ1) is 8.08. The molecule has 86 valence electrons. The maximum absolute atomic E-state index is 13.4. The predicted octanol–water partition coefficient (Wildman–Crippen LogP) is 3.45. The van der Waals surface area contributed by atoms with Crippen LogP contribution in [0, 0.1) is 16.1 Å². The van der Waals surface area contributed by atoms with Crippen molar-refractivity contribution in [1.82, 2.24) is 4.98 Å². The molecule has 0 atom stereocenters. The zero-order valence-electron chi connectivity index (χ0n) is 8.43. The number of nitrogens with zero attached hydrogens (tertiary/aromatic N) is 2. The van der Waals surface area contributed by atoms with Gasteiger partial charge in [-0.2, -0.15) is 4.39 Å². The van der Waals surface area contributed by atoms with Gasteiger partial charge in [-0.15, -0.1) is 0 Å². The Hall–Kier alpha value is -2.01. The zero-order chi connectivity index (χ0) is 12.4. The number of non-ortho nitro benzene ring substituents is 1. The van der Waals surface area contributed by atoms with Gasteiger partial charge in [0.05, 0.1) is 9.95 Å². The van der Waals surface area contributed by atoms with E-state index in [1.807, 2.05) is 0 Å². The van der Waals surface area contributed by atoms with Crippen molar-refractivity contribution in [2.45, 2.75) is 0 Å². The predicted molar refractivity (Wildman–Crippen MR) is 61.3 cm³/mol. The van der Waals surface area contributed by atoms with Crippen LogP contribution in [0.1, 0.15) is 0 Å². The van der Waals surface area contributed by atoms with Gasteiger partial charge in [0.1, 0.15) is 0 Å². The monoisotopic (exact) mass is 252 g/mol. The van der Waals surface area contributed by atoms with E-state index >= 15 is 0 Å². The summed E-state index contributed by atoms with van der Waals surface area (Å²) in [6.07, 6.45) is 1.20. The van der Waals surface area contributed by atoms with Gasteiger partial charge in [0.15, 0.2) is 0 Å². The summed E-state index contributed by atoms with van der Waals surface area (Å²) < 4.78 is 13.4. The van der Waals surface area contributed by atoms with Crippen LogP contribution in [0.5, 0.6) is 0 Å². The van der Waals surface area contributed by atoms with Gasteiger partial charge in [0.2, 0.25) is 5.95 Å². The molecule has 2 aromatic rings. The lowest BCUT2D eigenvalue weighted by Crippen LogP contribution is -1.90. The van der Waals surface area contributed by atoms with E-state index in [0.29, 0.717) is 10.6 Å². The standard InChI is InChI=1S/C11H6ClFN2O2/c12-8-5-10(11(13)14-6-8)7-1-3-9(4-2-7)15(16)17/h1-6H. The van der Waals surface area contributed by atoms with E-state index < -0.39 is 10.9 Å². The summed E-state index contributed by atoms with van der Waals surface area (Å²) in [6.45, 7) is 0. The Kier molecular flexibility index (Phi) is 3.01. The van der Waals surface area contributed by atoms with Gasteiger partial charge in [-0.05, 0) is 23.8 Å². The summed E-state index contributed by atoms with van der Waals surface area (Å²) in [5.74, 6) is -0.664. The van der Waals surface area contributed by atoms with Crippen molar-refractivity contribution in [3.05, 3.63) is 57.6 Å².